The second-order valence-electron chi connectivity index (χ2n) is 3.91. The van der Waals surface area contributed by atoms with Crippen molar-refractivity contribution in [1.29, 1.82) is 0 Å². The van der Waals surface area contributed by atoms with Gasteiger partial charge in [0, 0.05) is 11.7 Å². The molecule has 0 unspecified atom stereocenters. The molecule has 0 fully saturated rings. The molecule has 1 aromatic heterocycles. The van der Waals surface area contributed by atoms with Gasteiger partial charge in [-0.15, -0.1) is 0 Å². The SMILES string of the molecule is O=S(=O)(O)C(F)(F)F.O=S(=O)(O)C(F)(F)F.c1ccc2[nH]ccc2c1. The lowest BCUT2D eigenvalue weighted by Crippen LogP contribution is -2.21. The van der Waals surface area contributed by atoms with Crippen LogP contribution in [0.5, 0.6) is 0 Å². The van der Waals surface area contributed by atoms with Gasteiger partial charge in [-0.05, 0) is 17.5 Å². The van der Waals surface area contributed by atoms with Gasteiger partial charge >= 0.3 is 31.3 Å². The third-order valence-corrected chi connectivity index (χ3v) is 3.22. The number of hydrogen-bond acceptors (Lipinski definition) is 4. The summed E-state index contributed by atoms with van der Waals surface area (Å²) >= 11 is 0. The minimum Gasteiger partial charge on any atom is -0.361 e. The van der Waals surface area contributed by atoms with Gasteiger partial charge in [0.2, 0.25) is 0 Å². The lowest BCUT2D eigenvalue weighted by Gasteiger charge is -1.97. The van der Waals surface area contributed by atoms with Crippen LogP contribution in [0.2, 0.25) is 0 Å². The largest absolute Gasteiger partial charge is 0.522 e. The first kappa shape index (κ1) is 23.2. The van der Waals surface area contributed by atoms with Crippen molar-refractivity contribution < 1.29 is 52.3 Å². The van der Waals surface area contributed by atoms with E-state index in [0.29, 0.717) is 0 Å². The highest BCUT2D eigenvalue weighted by atomic mass is 32.2. The summed E-state index contributed by atoms with van der Waals surface area (Å²) in [6, 6.07) is 10.3. The van der Waals surface area contributed by atoms with Crippen LogP contribution >= 0.6 is 0 Å². The molecule has 0 atom stereocenters. The van der Waals surface area contributed by atoms with E-state index in [9.17, 15) is 26.3 Å². The number of aromatic amines is 1. The van der Waals surface area contributed by atoms with Crippen LogP contribution in [0.3, 0.4) is 0 Å². The lowest BCUT2D eigenvalue weighted by atomic mass is 10.3. The molecular formula is C10H9F6NO6S2. The molecule has 15 heteroatoms. The average molecular weight is 417 g/mol. The minimum absolute atomic E-state index is 1.21. The Balaban J connectivity index is 0.000000348. The molecule has 0 saturated carbocycles. The van der Waals surface area contributed by atoms with E-state index in [4.69, 9.17) is 25.9 Å². The van der Waals surface area contributed by atoms with Crippen molar-refractivity contribution in [3.8, 4) is 0 Å². The molecule has 1 heterocycles. The van der Waals surface area contributed by atoms with Crippen molar-refractivity contribution in [1.82, 2.24) is 4.98 Å². The van der Waals surface area contributed by atoms with Crippen LogP contribution in [0.15, 0.2) is 36.5 Å². The lowest BCUT2D eigenvalue weighted by molar-refractivity contribution is -0.0514. The van der Waals surface area contributed by atoms with Crippen LogP contribution in [0.1, 0.15) is 0 Å². The van der Waals surface area contributed by atoms with E-state index >= 15 is 0 Å². The van der Waals surface area contributed by atoms with E-state index in [1.807, 2.05) is 18.3 Å². The monoisotopic (exact) mass is 417 g/mol. The fourth-order valence-electron chi connectivity index (χ4n) is 0.995. The Bertz CT molecular complexity index is 812. The zero-order chi connectivity index (χ0) is 20.1. The number of rotatable bonds is 0. The highest BCUT2D eigenvalue weighted by Crippen LogP contribution is 2.21. The highest BCUT2D eigenvalue weighted by Gasteiger charge is 2.45. The summed E-state index contributed by atoms with van der Waals surface area (Å²) in [5, 5.41) is 1.28. The van der Waals surface area contributed by atoms with E-state index in [2.05, 4.69) is 23.2 Å². The normalized spacial score (nSPS) is 12.6. The number of H-pyrrole nitrogens is 1. The highest BCUT2D eigenvalue weighted by molar-refractivity contribution is 7.86. The van der Waals surface area contributed by atoms with Crippen LogP contribution in [0, 0.1) is 0 Å². The summed E-state index contributed by atoms with van der Waals surface area (Å²) in [5.74, 6) is 0. The Morgan fingerprint density at radius 3 is 1.44 bits per heavy atom. The molecule has 0 bridgehead atoms. The molecule has 7 nitrogen and oxygen atoms in total. The maximum absolute atomic E-state index is 10.7. The van der Waals surface area contributed by atoms with Crippen molar-refractivity contribution >= 4 is 31.1 Å². The van der Waals surface area contributed by atoms with Crippen molar-refractivity contribution in [3.05, 3.63) is 36.5 Å². The fourth-order valence-corrected chi connectivity index (χ4v) is 0.995. The van der Waals surface area contributed by atoms with Gasteiger partial charge in [0.15, 0.2) is 0 Å². The van der Waals surface area contributed by atoms with Crippen molar-refractivity contribution in [2.45, 2.75) is 11.0 Å². The minimum atomic E-state index is -5.84. The predicted octanol–water partition coefficient (Wildman–Crippen LogP) is 2.96. The third kappa shape index (κ3) is 8.19. The second kappa shape index (κ2) is 8.03. The molecule has 144 valence electrons. The van der Waals surface area contributed by atoms with E-state index in [-0.39, 0.29) is 0 Å². The first-order valence-electron chi connectivity index (χ1n) is 5.56. The maximum atomic E-state index is 10.7. The molecule has 0 radical (unpaired) electrons. The average Bonchev–Trinajstić information content (AvgIpc) is 2.83. The Kier molecular flexibility index (Phi) is 7.44. The molecule has 2 rings (SSSR count). The topological polar surface area (TPSA) is 125 Å². The van der Waals surface area contributed by atoms with Crippen LogP contribution in [0.25, 0.3) is 10.9 Å². The van der Waals surface area contributed by atoms with Gasteiger partial charge in [-0.2, -0.15) is 43.2 Å². The van der Waals surface area contributed by atoms with E-state index in [0.717, 1.165) is 0 Å². The maximum Gasteiger partial charge on any atom is 0.522 e. The number of para-hydroxylation sites is 1. The number of halogens is 6. The molecule has 0 aliphatic carbocycles. The molecule has 1 aromatic carbocycles. The van der Waals surface area contributed by atoms with Crippen molar-refractivity contribution in [2.24, 2.45) is 0 Å². The molecule has 2 aromatic rings. The van der Waals surface area contributed by atoms with E-state index < -0.39 is 31.3 Å². The fraction of sp³-hybridized carbons (Fsp3) is 0.200. The standard InChI is InChI=1S/C8H7N.2CHF3O3S/c1-2-4-8-7(3-1)5-6-9-8;2*2-1(3,4)8(5,6)7/h1-6,9H;2*(H,5,6,7). The van der Waals surface area contributed by atoms with Gasteiger partial charge in [0.1, 0.15) is 0 Å². The molecule has 25 heavy (non-hydrogen) atoms. The van der Waals surface area contributed by atoms with Crippen molar-refractivity contribution in [2.75, 3.05) is 0 Å². The number of benzene rings is 1. The number of aromatic nitrogens is 1. The van der Waals surface area contributed by atoms with Crippen LogP contribution < -0.4 is 0 Å². The smallest absolute Gasteiger partial charge is 0.361 e. The van der Waals surface area contributed by atoms with Gasteiger partial charge in [0.25, 0.3) is 0 Å². The summed E-state index contributed by atoms with van der Waals surface area (Å²) < 4.78 is 115. The predicted molar refractivity (Wildman–Crippen MR) is 73.5 cm³/mol. The first-order valence-corrected chi connectivity index (χ1v) is 8.44. The summed E-state index contributed by atoms with van der Waals surface area (Å²) in [6.07, 6.45) is 1.95. The van der Waals surface area contributed by atoms with Crippen LogP contribution in [-0.4, -0.2) is 41.9 Å². The van der Waals surface area contributed by atoms with Gasteiger partial charge in [0.05, 0.1) is 0 Å². The Hall–Kier alpha value is -1.84. The zero-order valence-electron chi connectivity index (χ0n) is 11.6. The molecular weight excluding hydrogens is 408 g/mol. The first-order chi connectivity index (χ1) is 11.0. The second-order valence-corrected chi connectivity index (χ2v) is 6.73. The van der Waals surface area contributed by atoms with Crippen molar-refractivity contribution in [3.63, 3.8) is 0 Å². The van der Waals surface area contributed by atoms with Crippen LogP contribution in [0.4, 0.5) is 26.3 Å². The van der Waals surface area contributed by atoms with E-state index in [1.165, 1.54) is 10.9 Å². The summed E-state index contributed by atoms with van der Waals surface area (Å²) in [4.78, 5) is 3.12. The molecule has 0 spiro atoms. The Morgan fingerprint density at radius 1 is 0.760 bits per heavy atom. The summed E-state index contributed by atoms with van der Waals surface area (Å²) in [7, 11) is -11.7. The molecule has 0 aliphatic rings. The third-order valence-electron chi connectivity index (χ3n) is 2.05. The number of nitrogens with one attached hydrogen (secondary N) is 1. The number of alkyl halides is 6. The summed E-state index contributed by atoms with van der Waals surface area (Å²) in [6.45, 7) is 0. The number of hydrogen-bond donors (Lipinski definition) is 3. The summed E-state index contributed by atoms with van der Waals surface area (Å²) in [5.41, 5.74) is -9.86. The Morgan fingerprint density at radius 2 is 1.12 bits per heavy atom. The van der Waals surface area contributed by atoms with Crippen LogP contribution in [-0.2, 0) is 20.2 Å². The van der Waals surface area contributed by atoms with E-state index in [1.54, 1.807) is 0 Å². The van der Waals surface area contributed by atoms with Gasteiger partial charge in [-0.1, -0.05) is 18.2 Å². The molecule has 0 aliphatic heterocycles. The van der Waals surface area contributed by atoms with Gasteiger partial charge in [-0.25, -0.2) is 0 Å². The zero-order valence-corrected chi connectivity index (χ0v) is 13.2. The number of fused-ring (bicyclic) bond motifs is 1. The Labute approximate surface area is 136 Å². The van der Waals surface area contributed by atoms with Gasteiger partial charge < -0.3 is 4.98 Å². The van der Waals surface area contributed by atoms with Gasteiger partial charge in [-0.3, -0.25) is 9.11 Å². The molecule has 0 amide bonds. The quantitative estimate of drug-likeness (QED) is 0.344. The molecule has 3 N–H and O–H groups in total. The molecule has 0 saturated heterocycles.